The van der Waals surface area contributed by atoms with Crippen LogP contribution in [0.3, 0.4) is 0 Å². The molecule has 7 heteroatoms. The Bertz CT molecular complexity index is 494. The van der Waals surface area contributed by atoms with Gasteiger partial charge in [-0.2, -0.15) is 18.3 Å². The van der Waals surface area contributed by atoms with Crippen LogP contribution in [0.1, 0.15) is 38.5 Å². The molecule has 1 N–H and O–H groups in total. The highest BCUT2D eigenvalue weighted by Gasteiger charge is 2.42. The van der Waals surface area contributed by atoms with Crippen molar-refractivity contribution in [3.63, 3.8) is 0 Å². The van der Waals surface area contributed by atoms with E-state index in [0.29, 0.717) is 6.42 Å². The maximum atomic E-state index is 12.9. The molecule has 0 amide bonds. The van der Waals surface area contributed by atoms with Gasteiger partial charge in [0.2, 0.25) is 0 Å². The number of nitrogens with zero attached hydrogens (tertiary/aromatic N) is 3. The first-order valence-electron chi connectivity index (χ1n) is 8.38. The molecule has 1 aliphatic carbocycles. The van der Waals surface area contributed by atoms with Gasteiger partial charge in [-0.3, -0.25) is 0 Å². The number of halogens is 3. The molecule has 1 saturated carbocycles. The Morgan fingerprint density at radius 3 is 2.70 bits per heavy atom. The van der Waals surface area contributed by atoms with Gasteiger partial charge in [0.15, 0.2) is 5.82 Å². The summed E-state index contributed by atoms with van der Waals surface area (Å²) in [6.07, 6.45) is 1.59. The van der Waals surface area contributed by atoms with E-state index in [1.807, 2.05) is 12.1 Å². The van der Waals surface area contributed by atoms with E-state index in [9.17, 15) is 13.2 Å². The van der Waals surface area contributed by atoms with Crippen LogP contribution in [0.25, 0.3) is 0 Å². The van der Waals surface area contributed by atoms with E-state index in [1.165, 1.54) is 0 Å². The summed E-state index contributed by atoms with van der Waals surface area (Å²) in [5, 5.41) is 11.5. The minimum absolute atomic E-state index is 0.0258. The zero-order valence-corrected chi connectivity index (χ0v) is 13.1. The highest BCUT2D eigenvalue weighted by Crippen LogP contribution is 2.37. The molecule has 1 aliphatic heterocycles. The molecule has 1 aromatic heterocycles. The molecule has 0 bridgehead atoms. The third-order valence-corrected chi connectivity index (χ3v) is 4.91. The lowest BCUT2D eigenvalue weighted by molar-refractivity contribution is -0.183. The van der Waals surface area contributed by atoms with Crippen molar-refractivity contribution in [2.75, 3.05) is 18.0 Å². The summed E-state index contributed by atoms with van der Waals surface area (Å²) in [6.45, 7) is 1.71. The van der Waals surface area contributed by atoms with Crippen molar-refractivity contribution >= 4 is 5.82 Å². The Morgan fingerprint density at radius 2 is 1.96 bits per heavy atom. The molecule has 3 atom stereocenters. The summed E-state index contributed by atoms with van der Waals surface area (Å²) < 4.78 is 38.8. The van der Waals surface area contributed by atoms with Gasteiger partial charge in [0.25, 0.3) is 0 Å². The van der Waals surface area contributed by atoms with E-state index < -0.39 is 12.1 Å². The zero-order valence-electron chi connectivity index (χ0n) is 13.1. The van der Waals surface area contributed by atoms with Crippen molar-refractivity contribution in [3.05, 3.63) is 18.3 Å². The first kappa shape index (κ1) is 16.5. The number of anilines is 1. The smallest absolute Gasteiger partial charge is 0.354 e. The lowest BCUT2D eigenvalue weighted by atomic mass is 9.84. The van der Waals surface area contributed by atoms with Crippen molar-refractivity contribution in [1.29, 1.82) is 0 Å². The monoisotopic (exact) mass is 328 g/mol. The predicted molar refractivity (Wildman–Crippen MR) is 82.2 cm³/mol. The highest BCUT2D eigenvalue weighted by atomic mass is 19.4. The number of aromatic nitrogens is 2. The highest BCUT2D eigenvalue weighted by molar-refractivity contribution is 5.37. The van der Waals surface area contributed by atoms with Crippen LogP contribution in [0.15, 0.2) is 18.3 Å². The molecule has 1 aromatic rings. The summed E-state index contributed by atoms with van der Waals surface area (Å²) in [6, 6.07) is 3.98. The lowest BCUT2D eigenvalue weighted by Crippen LogP contribution is -2.51. The largest absolute Gasteiger partial charge is 0.391 e. The van der Waals surface area contributed by atoms with Crippen molar-refractivity contribution in [1.82, 2.24) is 15.5 Å². The molecule has 2 heterocycles. The fourth-order valence-corrected chi connectivity index (χ4v) is 3.76. The van der Waals surface area contributed by atoms with Gasteiger partial charge in [-0.1, -0.05) is 6.42 Å². The van der Waals surface area contributed by atoms with Gasteiger partial charge in [-0.05, 0) is 44.2 Å². The average Bonchev–Trinajstić information content (AvgIpc) is 2.55. The Hall–Kier alpha value is -1.37. The maximum Gasteiger partial charge on any atom is 0.391 e. The van der Waals surface area contributed by atoms with Gasteiger partial charge in [0.05, 0.1) is 5.92 Å². The number of nitrogens with one attached hydrogen (secondary N) is 1. The molecule has 4 nitrogen and oxygen atoms in total. The second kappa shape index (κ2) is 7.03. The molecule has 1 saturated heterocycles. The van der Waals surface area contributed by atoms with E-state index in [0.717, 1.165) is 38.2 Å². The van der Waals surface area contributed by atoms with Crippen molar-refractivity contribution in [2.24, 2.45) is 5.92 Å². The topological polar surface area (TPSA) is 41.0 Å². The lowest BCUT2D eigenvalue weighted by Gasteiger charge is -2.38. The van der Waals surface area contributed by atoms with Crippen LogP contribution in [0.5, 0.6) is 0 Å². The van der Waals surface area contributed by atoms with Crippen LogP contribution in [0.4, 0.5) is 19.0 Å². The van der Waals surface area contributed by atoms with Crippen LogP contribution in [-0.4, -0.2) is 41.5 Å². The van der Waals surface area contributed by atoms with E-state index >= 15 is 0 Å². The van der Waals surface area contributed by atoms with Crippen LogP contribution in [-0.2, 0) is 0 Å². The minimum Gasteiger partial charge on any atom is -0.354 e. The first-order valence-corrected chi connectivity index (χ1v) is 8.38. The van der Waals surface area contributed by atoms with E-state index in [-0.39, 0.29) is 24.9 Å². The number of rotatable bonds is 3. The number of hydrogen-bond donors (Lipinski definition) is 1. The van der Waals surface area contributed by atoms with Gasteiger partial charge in [0, 0.05) is 31.4 Å². The van der Waals surface area contributed by atoms with Gasteiger partial charge >= 0.3 is 6.18 Å². The predicted octanol–water partition coefficient (Wildman–Crippen LogP) is 3.16. The SMILES string of the molecule is FC(F)(F)[C@@H]1CCC[C@@H](N[C@@H]2CCCN(c3cccnn3)C2)C1. The van der Waals surface area contributed by atoms with E-state index in [4.69, 9.17) is 0 Å². The van der Waals surface area contributed by atoms with Gasteiger partial charge in [0.1, 0.15) is 0 Å². The molecule has 3 rings (SSSR count). The van der Waals surface area contributed by atoms with Crippen molar-refractivity contribution in [2.45, 2.75) is 56.8 Å². The summed E-state index contributed by atoms with van der Waals surface area (Å²) in [5.41, 5.74) is 0. The Labute approximate surface area is 134 Å². The first-order chi connectivity index (χ1) is 11.0. The fourth-order valence-electron chi connectivity index (χ4n) is 3.76. The van der Waals surface area contributed by atoms with Gasteiger partial charge in [-0.15, -0.1) is 5.10 Å². The molecule has 0 radical (unpaired) electrons. The number of piperidine rings is 1. The molecule has 0 unspecified atom stereocenters. The Balaban J connectivity index is 1.55. The fraction of sp³-hybridized carbons (Fsp3) is 0.750. The molecule has 23 heavy (non-hydrogen) atoms. The second-order valence-corrected chi connectivity index (χ2v) is 6.64. The number of hydrogen-bond acceptors (Lipinski definition) is 4. The Kier molecular flexibility index (Phi) is 5.04. The summed E-state index contributed by atoms with van der Waals surface area (Å²) in [5.74, 6) is -0.302. The standard InChI is InChI=1S/C16H23F3N4/c17-16(18,19)12-4-1-5-13(10-12)21-14-6-3-9-23(11-14)15-7-2-8-20-22-15/h2,7-8,12-14,21H,1,3-6,9-11H2/t12-,13-,14-/m1/s1. The molecular formula is C16H23F3N4. The second-order valence-electron chi connectivity index (χ2n) is 6.64. The van der Waals surface area contributed by atoms with Crippen LogP contribution in [0.2, 0.25) is 0 Å². The third-order valence-electron chi connectivity index (χ3n) is 4.91. The molecule has 2 aliphatic rings. The summed E-state index contributed by atoms with van der Waals surface area (Å²) in [4.78, 5) is 2.16. The molecular weight excluding hydrogens is 305 g/mol. The third kappa shape index (κ3) is 4.34. The number of alkyl halides is 3. The van der Waals surface area contributed by atoms with Crippen LogP contribution in [0, 0.1) is 5.92 Å². The van der Waals surface area contributed by atoms with Crippen molar-refractivity contribution in [3.8, 4) is 0 Å². The van der Waals surface area contributed by atoms with E-state index in [1.54, 1.807) is 6.20 Å². The van der Waals surface area contributed by atoms with Crippen LogP contribution >= 0.6 is 0 Å². The normalized spacial score (nSPS) is 29.5. The molecule has 0 aromatic carbocycles. The Morgan fingerprint density at radius 1 is 1.13 bits per heavy atom. The maximum absolute atomic E-state index is 12.9. The van der Waals surface area contributed by atoms with Crippen molar-refractivity contribution < 1.29 is 13.2 Å². The minimum atomic E-state index is -4.06. The quantitative estimate of drug-likeness (QED) is 0.925. The van der Waals surface area contributed by atoms with Crippen LogP contribution < -0.4 is 10.2 Å². The van der Waals surface area contributed by atoms with E-state index in [2.05, 4.69) is 20.4 Å². The van der Waals surface area contributed by atoms with Gasteiger partial charge < -0.3 is 10.2 Å². The average molecular weight is 328 g/mol. The molecule has 0 spiro atoms. The molecule has 2 fully saturated rings. The van der Waals surface area contributed by atoms with Gasteiger partial charge in [-0.25, -0.2) is 0 Å². The zero-order chi connectivity index (χ0) is 16.3. The molecule has 128 valence electrons. The summed E-state index contributed by atoms with van der Waals surface area (Å²) in [7, 11) is 0. The summed E-state index contributed by atoms with van der Waals surface area (Å²) >= 11 is 0.